The SMILES string of the molecule is CNc1nc(O)c2c(n1)c(C)nn2Cc1ccc(C=O)cc1OC. The number of ether oxygens (including phenoxy) is 1. The standard InChI is InChI=1S/C16H17N5O3/c1-9-13-14(15(23)19-16(17-2)18-13)21(20-9)7-11-5-4-10(8-22)6-12(11)24-3/h4-6,8H,7H2,1-3H3,(H2,17,18,19,23). The summed E-state index contributed by atoms with van der Waals surface area (Å²) in [6.45, 7) is 2.17. The Morgan fingerprint density at radius 1 is 1.38 bits per heavy atom. The molecule has 8 nitrogen and oxygen atoms in total. The van der Waals surface area contributed by atoms with Crippen molar-refractivity contribution in [3.63, 3.8) is 0 Å². The summed E-state index contributed by atoms with van der Waals surface area (Å²) in [5.74, 6) is 0.761. The number of hydrogen-bond acceptors (Lipinski definition) is 7. The van der Waals surface area contributed by atoms with Gasteiger partial charge < -0.3 is 15.2 Å². The van der Waals surface area contributed by atoms with Gasteiger partial charge in [0.1, 0.15) is 23.1 Å². The van der Waals surface area contributed by atoms with Gasteiger partial charge in [-0.15, -0.1) is 0 Å². The largest absolute Gasteiger partial charge is 0.496 e. The highest BCUT2D eigenvalue weighted by Crippen LogP contribution is 2.28. The van der Waals surface area contributed by atoms with Crippen molar-refractivity contribution in [1.82, 2.24) is 19.7 Å². The average Bonchev–Trinajstić information content (AvgIpc) is 2.91. The Kier molecular flexibility index (Phi) is 4.03. The van der Waals surface area contributed by atoms with Gasteiger partial charge >= 0.3 is 0 Å². The second-order valence-corrected chi connectivity index (χ2v) is 5.25. The highest BCUT2D eigenvalue weighted by Gasteiger charge is 2.17. The molecular formula is C16H17N5O3. The van der Waals surface area contributed by atoms with Gasteiger partial charge in [-0.2, -0.15) is 10.1 Å². The Labute approximate surface area is 138 Å². The minimum absolute atomic E-state index is 0.145. The molecule has 0 spiro atoms. The highest BCUT2D eigenvalue weighted by molar-refractivity contribution is 5.83. The number of carbonyl (C=O) groups excluding carboxylic acids is 1. The van der Waals surface area contributed by atoms with E-state index in [0.29, 0.717) is 40.5 Å². The normalized spacial score (nSPS) is 10.8. The number of aldehydes is 1. The molecule has 0 aliphatic heterocycles. The van der Waals surface area contributed by atoms with Gasteiger partial charge in [-0.25, -0.2) is 4.98 Å². The van der Waals surface area contributed by atoms with E-state index in [1.54, 1.807) is 37.0 Å². The molecule has 2 heterocycles. The van der Waals surface area contributed by atoms with E-state index in [0.717, 1.165) is 11.8 Å². The van der Waals surface area contributed by atoms with Gasteiger partial charge in [0.15, 0.2) is 0 Å². The highest BCUT2D eigenvalue weighted by atomic mass is 16.5. The molecular weight excluding hydrogens is 310 g/mol. The minimum atomic E-state index is -0.145. The lowest BCUT2D eigenvalue weighted by molar-refractivity contribution is 0.112. The van der Waals surface area contributed by atoms with E-state index in [9.17, 15) is 9.90 Å². The maximum Gasteiger partial charge on any atom is 0.242 e. The summed E-state index contributed by atoms with van der Waals surface area (Å²) in [6, 6.07) is 5.17. The molecule has 124 valence electrons. The first-order valence-corrected chi connectivity index (χ1v) is 7.31. The van der Waals surface area contributed by atoms with Gasteiger partial charge in [0, 0.05) is 18.2 Å². The molecule has 24 heavy (non-hydrogen) atoms. The fourth-order valence-electron chi connectivity index (χ4n) is 2.56. The number of nitrogens with zero attached hydrogens (tertiary/aromatic N) is 4. The fraction of sp³-hybridized carbons (Fsp3) is 0.250. The van der Waals surface area contributed by atoms with Crippen LogP contribution in [0.4, 0.5) is 5.95 Å². The van der Waals surface area contributed by atoms with Crippen LogP contribution in [0.2, 0.25) is 0 Å². The van der Waals surface area contributed by atoms with Crippen LogP contribution in [-0.4, -0.2) is 45.3 Å². The third-order valence-corrected chi connectivity index (χ3v) is 3.73. The van der Waals surface area contributed by atoms with Gasteiger partial charge in [0.05, 0.1) is 19.3 Å². The van der Waals surface area contributed by atoms with Gasteiger partial charge in [-0.1, -0.05) is 12.1 Å². The van der Waals surface area contributed by atoms with Crippen LogP contribution in [0.15, 0.2) is 18.2 Å². The number of aromatic nitrogens is 4. The van der Waals surface area contributed by atoms with Crippen molar-refractivity contribution < 1.29 is 14.6 Å². The minimum Gasteiger partial charge on any atom is -0.496 e. The molecule has 0 aliphatic rings. The summed E-state index contributed by atoms with van der Waals surface area (Å²) >= 11 is 0. The summed E-state index contributed by atoms with van der Waals surface area (Å²) < 4.78 is 6.96. The molecule has 2 N–H and O–H groups in total. The van der Waals surface area contributed by atoms with Crippen LogP contribution in [0.3, 0.4) is 0 Å². The maximum absolute atomic E-state index is 10.9. The van der Waals surface area contributed by atoms with Crippen molar-refractivity contribution in [2.75, 3.05) is 19.5 Å². The van der Waals surface area contributed by atoms with Gasteiger partial charge in [0.25, 0.3) is 0 Å². The van der Waals surface area contributed by atoms with E-state index >= 15 is 0 Å². The second-order valence-electron chi connectivity index (χ2n) is 5.25. The number of rotatable bonds is 5. The van der Waals surface area contributed by atoms with Crippen LogP contribution in [0.5, 0.6) is 11.6 Å². The third-order valence-electron chi connectivity index (χ3n) is 3.73. The smallest absolute Gasteiger partial charge is 0.242 e. The van der Waals surface area contributed by atoms with Gasteiger partial charge in [0.2, 0.25) is 11.8 Å². The van der Waals surface area contributed by atoms with Gasteiger partial charge in [-0.05, 0) is 13.0 Å². The summed E-state index contributed by atoms with van der Waals surface area (Å²) in [5, 5.41) is 17.5. The van der Waals surface area contributed by atoms with Crippen LogP contribution in [0, 0.1) is 6.92 Å². The monoisotopic (exact) mass is 327 g/mol. The first-order valence-electron chi connectivity index (χ1n) is 7.31. The maximum atomic E-state index is 10.9. The van der Waals surface area contributed by atoms with Crippen LogP contribution < -0.4 is 10.1 Å². The Hall–Kier alpha value is -3.16. The average molecular weight is 327 g/mol. The number of methoxy groups -OCH3 is 1. The predicted molar refractivity (Wildman–Crippen MR) is 88.8 cm³/mol. The second kappa shape index (κ2) is 6.15. The van der Waals surface area contributed by atoms with E-state index in [1.165, 1.54) is 0 Å². The van der Waals surface area contributed by atoms with Crippen LogP contribution >= 0.6 is 0 Å². The molecule has 3 aromatic rings. The van der Waals surface area contributed by atoms with Crippen molar-refractivity contribution in [3.05, 3.63) is 35.0 Å². The Balaban J connectivity index is 2.10. The molecule has 8 heteroatoms. The first-order chi connectivity index (χ1) is 11.6. The Bertz CT molecular complexity index is 920. The molecule has 0 radical (unpaired) electrons. The first kappa shape index (κ1) is 15.7. The summed E-state index contributed by atoms with van der Waals surface area (Å²) in [5.41, 5.74) is 3.07. The van der Waals surface area contributed by atoms with Crippen molar-refractivity contribution >= 4 is 23.3 Å². The number of fused-ring (bicyclic) bond motifs is 1. The van der Waals surface area contributed by atoms with Crippen molar-refractivity contribution in [1.29, 1.82) is 0 Å². The van der Waals surface area contributed by atoms with Crippen molar-refractivity contribution in [2.45, 2.75) is 13.5 Å². The molecule has 1 aromatic carbocycles. The quantitative estimate of drug-likeness (QED) is 0.688. The van der Waals surface area contributed by atoms with E-state index in [2.05, 4.69) is 20.4 Å². The van der Waals surface area contributed by atoms with Crippen LogP contribution in [0.25, 0.3) is 11.0 Å². The molecule has 0 aliphatic carbocycles. The van der Waals surface area contributed by atoms with Crippen LogP contribution in [-0.2, 0) is 6.54 Å². The van der Waals surface area contributed by atoms with E-state index in [-0.39, 0.29) is 5.88 Å². The van der Waals surface area contributed by atoms with Gasteiger partial charge in [-0.3, -0.25) is 9.48 Å². The molecule has 3 rings (SSSR count). The fourth-order valence-corrected chi connectivity index (χ4v) is 2.56. The zero-order valence-corrected chi connectivity index (χ0v) is 13.6. The Morgan fingerprint density at radius 2 is 2.17 bits per heavy atom. The number of carbonyl (C=O) groups is 1. The number of hydrogen-bond donors (Lipinski definition) is 2. The lowest BCUT2D eigenvalue weighted by atomic mass is 10.1. The van der Waals surface area contributed by atoms with E-state index in [1.807, 2.05) is 6.92 Å². The molecule has 0 unspecified atom stereocenters. The Morgan fingerprint density at radius 3 is 2.83 bits per heavy atom. The van der Waals surface area contributed by atoms with Crippen LogP contribution in [0.1, 0.15) is 21.6 Å². The van der Waals surface area contributed by atoms with Crippen molar-refractivity contribution in [3.8, 4) is 11.6 Å². The van der Waals surface area contributed by atoms with Crippen molar-refractivity contribution in [2.24, 2.45) is 0 Å². The summed E-state index contributed by atoms with van der Waals surface area (Å²) in [6.07, 6.45) is 0.763. The molecule has 0 atom stereocenters. The zero-order valence-electron chi connectivity index (χ0n) is 13.6. The zero-order chi connectivity index (χ0) is 17.3. The molecule has 0 saturated carbocycles. The molecule has 0 fully saturated rings. The topological polar surface area (TPSA) is 102 Å². The number of aromatic hydroxyl groups is 1. The van der Waals surface area contributed by atoms with E-state index < -0.39 is 0 Å². The molecule has 0 saturated heterocycles. The summed E-state index contributed by atoms with van der Waals surface area (Å²) in [4.78, 5) is 19.2. The number of aryl methyl sites for hydroxylation is 1. The van der Waals surface area contributed by atoms with E-state index in [4.69, 9.17) is 4.74 Å². The predicted octanol–water partition coefficient (Wildman–Crippen LogP) is 1.75. The third kappa shape index (κ3) is 2.62. The molecule has 0 bridgehead atoms. The molecule has 0 amide bonds. The number of anilines is 1. The lowest BCUT2D eigenvalue weighted by Gasteiger charge is -2.10. The number of nitrogens with one attached hydrogen (secondary N) is 1. The molecule has 2 aromatic heterocycles. The lowest BCUT2D eigenvalue weighted by Crippen LogP contribution is -2.05. The number of benzene rings is 1. The summed E-state index contributed by atoms with van der Waals surface area (Å²) in [7, 11) is 3.22.